The molecule has 0 bridgehead atoms. The van der Waals surface area contributed by atoms with E-state index < -0.39 is 0 Å². The summed E-state index contributed by atoms with van der Waals surface area (Å²) in [5, 5.41) is 0. The van der Waals surface area contributed by atoms with E-state index in [2.05, 4.69) is 44.5 Å². The van der Waals surface area contributed by atoms with Crippen LogP contribution in [-0.4, -0.2) is 17.6 Å². The van der Waals surface area contributed by atoms with Gasteiger partial charge in [0.25, 0.3) is 0 Å². The van der Waals surface area contributed by atoms with Gasteiger partial charge in [0.1, 0.15) is 5.82 Å². The summed E-state index contributed by atoms with van der Waals surface area (Å²) in [5.74, 6) is 1.67. The number of rotatable bonds is 5. The van der Waals surface area contributed by atoms with Gasteiger partial charge >= 0.3 is 0 Å². The zero-order valence-electron chi connectivity index (χ0n) is 11.7. The van der Waals surface area contributed by atoms with Gasteiger partial charge in [-0.3, -0.25) is 0 Å². The maximum atomic E-state index is 5.85. The van der Waals surface area contributed by atoms with Crippen LogP contribution in [0.2, 0.25) is 0 Å². The van der Waals surface area contributed by atoms with Crippen molar-refractivity contribution < 1.29 is 0 Å². The van der Waals surface area contributed by atoms with Gasteiger partial charge in [-0.25, -0.2) is 4.98 Å². The molecule has 0 saturated carbocycles. The molecule has 1 rings (SSSR count). The number of anilines is 1. The second-order valence-corrected chi connectivity index (χ2v) is 5.27. The number of pyridine rings is 1. The van der Waals surface area contributed by atoms with E-state index in [0.717, 1.165) is 12.4 Å². The summed E-state index contributed by atoms with van der Waals surface area (Å²) in [6.45, 7) is 12.5. The highest BCUT2D eigenvalue weighted by Crippen LogP contribution is 2.23. The van der Waals surface area contributed by atoms with Crippen LogP contribution in [0.15, 0.2) is 12.3 Å². The van der Waals surface area contributed by atoms with Gasteiger partial charge in [-0.15, -0.1) is 0 Å². The van der Waals surface area contributed by atoms with Crippen LogP contribution in [0.4, 0.5) is 5.82 Å². The van der Waals surface area contributed by atoms with E-state index >= 15 is 0 Å². The lowest BCUT2D eigenvalue weighted by Gasteiger charge is -2.31. The molecule has 0 radical (unpaired) electrons. The number of hydrogen-bond acceptors (Lipinski definition) is 3. The van der Waals surface area contributed by atoms with Gasteiger partial charge in [0.15, 0.2) is 0 Å². The summed E-state index contributed by atoms with van der Waals surface area (Å²) < 4.78 is 0. The lowest BCUT2D eigenvalue weighted by molar-refractivity contribution is 0.564. The van der Waals surface area contributed by atoms with Gasteiger partial charge in [0.2, 0.25) is 0 Å². The third kappa shape index (κ3) is 3.43. The number of aryl methyl sites for hydroxylation is 1. The van der Waals surface area contributed by atoms with Crippen molar-refractivity contribution in [1.29, 1.82) is 0 Å². The minimum absolute atomic E-state index is 0.442. The first-order valence-corrected chi connectivity index (χ1v) is 6.38. The Bertz CT molecular complexity index is 358. The minimum atomic E-state index is 0.442. The van der Waals surface area contributed by atoms with E-state index in [4.69, 9.17) is 5.73 Å². The van der Waals surface area contributed by atoms with Gasteiger partial charge in [0.05, 0.1) is 0 Å². The molecular weight excluding hydrogens is 210 g/mol. The Morgan fingerprint density at radius 3 is 2.41 bits per heavy atom. The molecule has 0 amide bonds. The average Bonchev–Trinajstić information content (AvgIpc) is 2.25. The molecule has 3 heteroatoms. The smallest absolute Gasteiger partial charge is 0.133 e. The van der Waals surface area contributed by atoms with Gasteiger partial charge in [-0.05, 0) is 38.3 Å². The Kier molecular flexibility index (Phi) is 4.94. The normalized spacial score (nSPS) is 11.3. The number of aromatic nitrogens is 1. The maximum Gasteiger partial charge on any atom is 0.133 e. The van der Waals surface area contributed by atoms with Crippen molar-refractivity contribution >= 4 is 5.82 Å². The van der Waals surface area contributed by atoms with E-state index in [1.807, 2.05) is 12.3 Å². The zero-order valence-corrected chi connectivity index (χ0v) is 11.7. The third-order valence-electron chi connectivity index (χ3n) is 2.93. The largest absolute Gasteiger partial charge is 0.354 e. The number of nitrogens with zero attached hydrogens (tertiary/aromatic N) is 2. The molecule has 0 aliphatic heterocycles. The highest BCUT2D eigenvalue weighted by molar-refractivity contribution is 5.51. The molecule has 0 fully saturated rings. The Hall–Kier alpha value is -1.09. The molecule has 1 aromatic heterocycles. The molecular formula is C14H25N3. The summed E-state index contributed by atoms with van der Waals surface area (Å²) in [4.78, 5) is 6.88. The zero-order chi connectivity index (χ0) is 13.0. The molecule has 3 nitrogen and oxygen atoms in total. The van der Waals surface area contributed by atoms with Crippen molar-refractivity contribution in [2.24, 2.45) is 11.7 Å². The standard InChI is InChI=1S/C14H25N3/c1-10(2)9-17(11(3)4)14-13(8-15)12(5)6-7-16-14/h6-7,10-11H,8-9,15H2,1-5H3. The topological polar surface area (TPSA) is 42.2 Å². The van der Waals surface area contributed by atoms with Crippen LogP contribution < -0.4 is 10.6 Å². The number of nitrogens with two attached hydrogens (primary N) is 1. The summed E-state index contributed by atoms with van der Waals surface area (Å²) in [6.07, 6.45) is 1.87. The quantitative estimate of drug-likeness (QED) is 0.853. The SMILES string of the molecule is Cc1ccnc(N(CC(C)C)C(C)C)c1CN. The van der Waals surface area contributed by atoms with E-state index in [1.54, 1.807) is 0 Å². The predicted molar refractivity (Wildman–Crippen MR) is 74.2 cm³/mol. The van der Waals surface area contributed by atoms with Crippen molar-refractivity contribution in [1.82, 2.24) is 4.98 Å². The summed E-state index contributed by atoms with van der Waals surface area (Å²) in [6, 6.07) is 2.47. The van der Waals surface area contributed by atoms with Crippen LogP contribution in [0, 0.1) is 12.8 Å². The van der Waals surface area contributed by atoms with Crippen molar-refractivity contribution in [3.63, 3.8) is 0 Å². The van der Waals surface area contributed by atoms with Crippen LogP contribution >= 0.6 is 0 Å². The highest BCUT2D eigenvalue weighted by atomic mass is 15.2. The molecule has 0 aliphatic carbocycles. The van der Waals surface area contributed by atoms with E-state index in [-0.39, 0.29) is 0 Å². The Morgan fingerprint density at radius 2 is 1.94 bits per heavy atom. The van der Waals surface area contributed by atoms with Crippen LogP contribution in [0.25, 0.3) is 0 Å². The second kappa shape index (κ2) is 6.01. The molecule has 0 aromatic carbocycles. The monoisotopic (exact) mass is 235 g/mol. The molecule has 17 heavy (non-hydrogen) atoms. The van der Waals surface area contributed by atoms with E-state index in [1.165, 1.54) is 11.1 Å². The van der Waals surface area contributed by atoms with Crippen LogP contribution in [0.5, 0.6) is 0 Å². The first-order valence-electron chi connectivity index (χ1n) is 6.38. The lowest BCUT2D eigenvalue weighted by Crippen LogP contribution is -2.36. The molecule has 0 aliphatic rings. The summed E-state index contributed by atoms with van der Waals surface area (Å²) in [7, 11) is 0. The fraction of sp³-hybridized carbons (Fsp3) is 0.643. The second-order valence-electron chi connectivity index (χ2n) is 5.27. The Morgan fingerprint density at radius 1 is 1.29 bits per heavy atom. The van der Waals surface area contributed by atoms with E-state index in [9.17, 15) is 0 Å². The fourth-order valence-electron chi connectivity index (χ4n) is 2.01. The van der Waals surface area contributed by atoms with E-state index in [0.29, 0.717) is 18.5 Å². The number of hydrogen-bond donors (Lipinski definition) is 1. The first kappa shape index (κ1) is 14.0. The van der Waals surface area contributed by atoms with Crippen molar-refractivity contribution in [3.05, 3.63) is 23.4 Å². The molecule has 1 aromatic rings. The Balaban J connectivity index is 3.13. The van der Waals surface area contributed by atoms with Crippen LogP contribution in [0.3, 0.4) is 0 Å². The molecule has 1 heterocycles. The summed E-state index contributed by atoms with van der Waals surface area (Å²) in [5.41, 5.74) is 8.25. The van der Waals surface area contributed by atoms with Gasteiger partial charge in [-0.1, -0.05) is 13.8 Å². The highest BCUT2D eigenvalue weighted by Gasteiger charge is 2.17. The Labute approximate surface area is 105 Å². The fourth-order valence-corrected chi connectivity index (χ4v) is 2.01. The third-order valence-corrected chi connectivity index (χ3v) is 2.93. The van der Waals surface area contributed by atoms with Gasteiger partial charge < -0.3 is 10.6 Å². The van der Waals surface area contributed by atoms with Crippen molar-refractivity contribution in [3.8, 4) is 0 Å². The molecule has 0 unspecified atom stereocenters. The van der Waals surface area contributed by atoms with Crippen LogP contribution in [0.1, 0.15) is 38.8 Å². The van der Waals surface area contributed by atoms with Gasteiger partial charge in [-0.2, -0.15) is 0 Å². The van der Waals surface area contributed by atoms with Crippen molar-refractivity contribution in [2.75, 3.05) is 11.4 Å². The minimum Gasteiger partial charge on any atom is -0.354 e. The predicted octanol–water partition coefficient (Wildman–Crippen LogP) is 2.72. The van der Waals surface area contributed by atoms with Crippen LogP contribution in [-0.2, 0) is 6.54 Å². The molecule has 0 saturated heterocycles. The lowest BCUT2D eigenvalue weighted by atomic mass is 10.1. The first-order chi connectivity index (χ1) is 7.97. The molecule has 0 spiro atoms. The van der Waals surface area contributed by atoms with Gasteiger partial charge in [0, 0.05) is 30.9 Å². The van der Waals surface area contributed by atoms with Crippen molar-refractivity contribution in [2.45, 2.75) is 47.2 Å². The average molecular weight is 235 g/mol. The molecule has 96 valence electrons. The summed E-state index contributed by atoms with van der Waals surface area (Å²) >= 11 is 0. The molecule has 0 atom stereocenters. The maximum absolute atomic E-state index is 5.85. The molecule has 2 N–H and O–H groups in total.